The van der Waals surface area contributed by atoms with Gasteiger partial charge in [-0.3, -0.25) is 5.43 Å². The number of hydrogen-bond acceptors (Lipinski definition) is 4. The number of hydrazine groups is 1. The number of hydrogen-bond donors (Lipinski definition) is 4. The summed E-state index contributed by atoms with van der Waals surface area (Å²) < 4.78 is 0. The quantitative estimate of drug-likeness (QED) is 0.182. The van der Waals surface area contributed by atoms with E-state index in [1.807, 2.05) is 17.6 Å². The van der Waals surface area contributed by atoms with E-state index in [0.717, 1.165) is 5.56 Å². The molecule has 0 aromatic heterocycles. The monoisotopic (exact) mass is 207 g/mol. The molecule has 80 valence electrons. The van der Waals surface area contributed by atoms with Gasteiger partial charge in [0.25, 0.3) is 0 Å². The number of nitrogens with one attached hydrogen (secondary N) is 2. The fourth-order valence-electron chi connectivity index (χ4n) is 0.956. The van der Waals surface area contributed by atoms with Gasteiger partial charge in [0.15, 0.2) is 0 Å². The molecule has 1 rings (SSSR count). The summed E-state index contributed by atoms with van der Waals surface area (Å²) in [7, 11) is 0. The minimum Gasteiger partial charge on any atom is -0.399 e. The summed E-state index contributed by atoms with van der Waals surface area (Å²) in [6.07, 6.45) is 0. The number of nitrogens with zero attached hydrogens (tertiary/aromatic N) is 1. The zero-order valence-corrected chi connectivity index (χ0v) is 8.32. The summed E-state index contributed by atoms with van der Waals surface area (Å²) in [5, 5.41) is 3.83. The largest absolute Gasteiger partial charge is 0.399 e. The summed E-state index contributed by atoms with van der Waals surface area (Å²) in [4.78, 5) is 10.7. The number of nitrogen functional groups attached to an aromatic ring is 1. The third-order valence-corrected chi connectivity index (χ3v) is 1.78. The molecule has 1 aromatic rings. The van der Waals surface area contributed by atoms with Gasteiger partial charge in [0.1, 0.15) is 0 Å². The second kappa shape index (κ2) is 4.97. The van der Waals surface area contributed by atoms with E-state index in [1.54, 1.807) is 19.1 Å². The van der Waals surface area contributed by atoms with Gasteiger partial charge in [-0.2, -0.15) is 5.10 Å². The molecule has 0 saturated carbocycles. The van der Waals surface area contributed by atoms with E-state index in [1.165, 1.54) is 0 Å². The van der Waals surface area contributed by atoms with Crippen LogP contribution in [0.5, 0.6) is 0 Å². The van der Waals surface area contributed by atoms with Crippen LogP contribution in [-0.2, 0) is 0 Å². The van der Waals surface area contributed by atoms with Crippen molar-refractivity contribution in [3.05, 3.63) is 29.8 Å². The number of nitrogens with two attached hydrogens (primary N) is 2. The lowest BCUT2D eigenvalue weighted by atomic mass is 10.1. The Hall–Kier alpha value is -2.08. The second-order valence-electron chi connectivity index (χ2n) is 2.90. The molecule has 1 aromatic carbocycles. The Morgan fingerprint density at radius 2 is 1.93 bits per heavy atom. The van der Waals surface area contributed by atoms with Crippen LogP contribution in [0, 0.1) is 0 Å². The van der Waals surface area contributed by atoms with Gasteiger partial charge in [-0.15, -0.1) is 0 Å². The zero-order chi connectivity index (χ0) is 11.3. The Morgan fingerprint density at radius 3 is 2.47 bits per heavy atom. The van der Waals surface area contributed by atoms with Gasteiger partial charge < -0.3 is 5.73 Å². The van der Waals surface area contributed by atoms with Gasteiger partial charge in [-0.05, 0) is 24.6 Å². The first-order valence-corrected chi connectivity index (χ1v) is 4.30. The van der Waals surface area contributed by atoms with Gasteiger partial charge in [-0.25, -0.2) is 16.1 Å². The highest BCUT2D eigenvalue weighted by atomic mass is 16.2. The van der Waals surface area contributed by atoms with Crippen molar-refractivity contribution in [1.82, 2.24) is 10.9 Å². The van der Waals surface area contributed by atoms with E-state index >= 15 is 0 Å². The molecule has 0 saturated heterocycles. The molecular formula is C9H13N5O. The number of carbonyl (C=O) groups excluding carboxylic acids is 1. The molecular weight excluding hydrogens is 194 g/mol. The number of hydrazone groups is 1. The van der Waals surface area contributed by atoms with Crippen LogP contribution in [0.1, 0.15) is 12.5 Å². The van der Waals surface area contributed by atoms with Crippen LogP contribution in [-0.4, -0.2) is 11.7 Å². The Labute approximate surface area is 87.3 Å². The first-order valence-electron chi connectivity index (χ1n) is 4.30. The highest BCUT2D eigenvalue weighted by Gasteiger charge is 1.98. The number of urea groups is 1. The normalized spacial score (nSPS) is 10.9. The summed E-state index contributed by atoms with van der Waals surface area (Å²) in [5.41, 5.74) is 11.9. The highest BCUT2D eigenvalue weighted by Crippen LogP contribution is 2.06. The van der Waals surface area contributed by atoms with E-state index < -0.39 is 6.03 Å². The maximum absolute atomic E-state index is 10.7. The molecule has 0 heterocycles. The Kier molecular flexibility index (Phi) is 3.64. The summed E-state index contributed by atoms with van der Waals surface area (Å²) in [6.45, 7) is 1.77. The Morgan fingerprint density at radius 1 is 1.33 bits per heavy atom. The molecule has 0 aliphatic carbocycles. The topological polar surface area (TPSA) is 106 Å². The first kappa shape index (κ1) is 11.0. The smallest absolute Gasteiger partial charge is 0.349 e. The van der Waals surface area contributed by atoms with Crippen molar-refractivity contribution in [2.24, 2.45) is 10.9 Å². The van der Waals surface area contributed by atoms with E-state index in [0.29, 0.717) is 11.4 Å². The number of benzene rings is 1. The minimum atomic E-state index is -0.565. The number of carbonyl (C=O) groups is 1. The molecule has 0 unspecified atom stereocenters. The van der Waals surface area contributed by atoms with Crippen LogP contribution in [0.4, 0.5) is 10.5 Å². The summed E-state index contributed by atoms with van der Waals surface area (Å²) >= 11 is 0. The second-order valence-corrected chi connectivity index (χ2v) is 2.90. The lowest BCUT2D eigenvalue weighted by Crippen LogP contribution is -2.37. The molecule has 0 radical (unpaired) electrons. The number of rotatable bonds is 2. The molecule has 6 N–H and O–H groups in total. The van der Waals surface area contributed by atoms with Gasteiger partial charge in [0.2, 0.25) is 0 Å². The average Bonchev–Trinajstić information content (AvgIpc) is 2.26. The van der Waals surface area contributed by atoms with Crippen molar-refractivity contribution in [2.45, 2.75) is 6.92 Å². The maximum Gasteiger partial charge on any atom is 0.349 e. The minimum absolute atomic E-state index is 0.565. The van der Waals surface area contributed by atoms with Crippen LogP contribution in [0.3, 0.4) is 0 Å². The number of amides is 2. The molecule has 15 heavy (non-hydrogen) atoms. The van der Waals surface area contributed by atoms with E-state index in [4.69, 9.17) is 11.6 Å². The first-order chi connectivity index (χ1) is 7.13. The maximum atomic E-state index is 10.7. The molecule has 2 amide bonds. The van der Waals surface area contributed by atoms with Crippen molar-refractivity contribution in [3.63, 3.8) is 0 Å². The Bertz CT molecular complexity index is 371. The van der Waals surface area contributed by atoms with Gasteiger partial charge >= 0.3 is 6.03 Å². The molecule has 6 nitrogen and oxygen atoms in total. The van der Waals surface area contributed by atoms with Gasteiger partial charge in [0, 0.05) is 5.69 Å². The molecule has 0 aliphatic rings. The van der Waals surface area contributed by atoms with E-state index in [-0.39, 0.29) is 0 Å². The van der Waals surface area contributed by atoms with Gasteiger partial charge in [-0.1, -0.05) is 12.1 Å². The summed E-state index contributed by atoms with van der Waals surface area (Å²) in [5.74, 6) is 4.87. The van der Waals surface area contributed by atoms with Crippen molar-refractivity contribution in [3.8, 4) is 0 Å². The summed E-state index contributed by atoms with van der Waals surface area (Å²) in [6, 6.07) is 6.59. The SMILES string of the molecule is CC(=NNC(=O)NN)c1ccc(N)cc1. The van der Waals surface area contributed by atoms with Crippen LogP contribution in [0.25, 0.3) is 0 Å². The molecule has 0 bridgehead atoms. The lowest BCUT2D eigenvalue weighted by Gasteiger charge is -2.02. The predicted octanol–water partition coefficient (Wildman–Crippen LogP) is 0.166. The van der Waals surface area contributed by atoms with Crippen LogP contribution in [0.2, 0.25) is 0 Å². The predicted molar refractivity (Wildman–Crippen MR) is 58.9 cm³/mol. The zero-order valence-electron chi connectivity index (χ0n) is 8.32. The lowest BCUT2D eigenvalue weighted by molar-refractivity contribution is 0.241. The molecule has 0 spiro atoms. The highest BCUT2D eigenvalue weighted by molar-refractivity contribution is 5.99. The van der Waals surface area contributed by atoms with Crippen molar-refractivity contribution in [2.75, 3.05) is 5.73 Å². The van der Waals surface area contributed by atoms with E-state index in [2.05, 4.69) is 10.5 Å². The van der Waals surface area contributed by atoms with Crippen molar-refractivity contribution >= 4 is 17.4 Å². The average molecular weight is 207 g/mol. The van der Waals surface area contributed by atoms with Gasteiger partial charge in [0.05, 0.1) is 5.71 Å². The van der Waals surface area contributed by atoms with Crippen LogP contribution in [0.15, 0.2) is 29.4 Å². The van der Waals surface area contributed by atoms with Crippen molar-refractivity contribution < 1.29 is 4.79 Å². The van der Waals surface area contributed by atoms with Crippen molar-refractivity contribution in [1.29, 1.82) is 0 Å². The third-order valence-electron chi connectivity index (χ3n) is 1.78. The molecule has 0 atom stereocenters. The fraction of sp³-hybridized carbons (Fsp3) is 0.111. The Balaban J connectivity index is 2.71. The molecule has 0 aliphatic heterocycles. The standard InChI is InChI=1S/C9H13N5O/c1-6(13-14-9(15)12-11)7-2-4-8(10)5-3-7/h2-5H,10-11H2,1H3,(H2,12,14,15). The van der Waals surface area contributed by atoms with Crippen LogP contribution < -0.4 is 22.4 Å². The third kappa shape index (κ3) is 3.28. The molecule has 6 heteroatoms. The van der Waals surface area contributed by atoms with E-state index in [9.17, 15) is 4.79 Å². The number of anilines is 1. The van der Waals surface area contributed by atoms with Crippen LogP contribution >= 0.6 is 0 Å². The fourth-order valence-corrected chi connectivity index (χ4v) is 0.956. The molecule has 0 fully saturated rings.